The molecule has 0 radical (unpaired) electrons. The Kier molecular flexibility index (Phi) is 3.44. The van der Waals surface area contributed by atoms with Crippen molar-refractivity contribution in [2.45, 2.75) is 64.7 Å². The van der Waals surface area contributed by atoms with Crippen molar-refractivity contribution in [3.63, 3.8) is 0 Å². The van der Waals surface area contributed by atoms with Gasteiger partial charge in [0.15, 0.2) is 5.82 Å². The van der Waals surface area contributed by atoms with E-state index >= 15 is 0 Å². The van der Waals surface area contributed by atoms with Gasteiger partial charge in [-0.1, -0.05) is 0 Å². The van der Waals surface area contributed by atoms with Gasteiger partial charge in [0.2, 0.25) is 0 Å². The number of hydrogen-bond donors (Lipinski definition) is 0. The number of aromatic nitrogens is 6. The fraction of sp³-hybridized carbons (Fsp3) is 0.733. The lowest BCUT2D eigenvalue weighted by Crippen LogP contribution is -2.34. The molecule has 4 rings (SSSR count). The van der Waals surface area contributed by atoms with Crippen LogP contribution in [0, 0.1) is 13.8 Å². The first kappa shape index (κ1) is 13.9. The van der Waals surface area contributed by atoms with Crippen molar-refractivity contribution in [1.82, 2.24) is 34.9 Å². The van der Waals surface area contributed by atoms with Gasteiger partial charge < -0.3 is 0 Å². The average Bonchev–Trinajstić information content (AvgIpc) is 2.92. The van der Waals surface area contributed by atoms with Crippen LogP contribution in [0.25, 0.3) is 0 Å². The van der Waals surface area contributed by atoms with Gasteiger partial charge in [-0.2, -0.15) is 5.10 Å². The predicted molar refractivity (Wildman–Crippen MR) is 81.2 cm³/mol. The van der Waals surface area contributed by atoms with Crippen molar-refractivity contribution in [1.29, 1.82) is 0 Å². The van der Waals surface area contributed by atoms with E-state index in [0.29, 0.717) is 12.1 Å². The Labute approximate surface area is 130 Å². The average molecular weight is 301 g/mol. The topological polar surface area (TPSA) is 64.7 Å². The molecule has 7 nitrogen and oxygen atoms in total. The van der Waals surface area contributed by atoms with Gasteiger partial charge in [-0.25, -0.2) is 4.68 Å². The summed E-state index contributed by atoms with van der Waals surface area (Å²) < 4.78 is 4.17. The summed E-state index contributed by atoms with van der Waals surface area (Å²) in [4.78, 5) is 2.51. The number of aryl methyl sites for hydroxylation is 2. The standard InChI is InChI=1S/C15H23N7/c1-11-8-12(2)21(17-11)9-14-4-3-7-20(14)10-15-16-18-19-22(15)13-5-6-13/h8,13-14H,3-7,9-10H2,1-2H3/t14-/m1/s1. The van der Waals surface area contributed by atoms with E-state index in [4.69, 9.17) is 0 Å². The number of likely N-dealkylation sites (tertiary alicyclic amines) is 1. The third kappa shape index (κ3) is 2.65. The molecule has 0 N–H and O–H groups in total. The van der Waals surface area contributed by atoms with Crippen LogP contribution in [0.5, 0.6) is 0 Å². The molecule has 2 aromatic rings. The molecule has 2 aromatic heterocycles. The number of nitrogens with zero attached hydrogens (tertiary/aromatic N) is 7. The summed E-state index contributed by atoms with van der Waals surface area (Å²) in [6, 6.07) is 3.22. The van der Waals surface area contributed by atoms with Crippen molar-refractivity contribution < 1.29 is 0 Å². The van der Waals surface area contributed by atoms with E-state index in [0.717, 1.165) is 31.2 Å². The lowest BCUT2D eigenvalue weighted by Gasteiger charge is -2.24. The van der Waals surface area contributed by atoms with Gasteiger partial charge in [0.05, 0.1) is 24.8 Å². The molecule has 1 saturated heterocycles. The Bertz CT molecular complexity index is 655. The van der Waals surface area contributed by atoms with Crippen LogP contribution in [0.2, 0.25) is 0 Å². The maximum atomic E-state index is 4.61. The van der Waals surface area contributed by atoms with Crippen molar-refractivity contribution in [2.24, 2.45) is 0 Å². The molecule has 7 heteroatoms. The molecular formula is C15H23N7. The minimum atomic E-state index is 0.530. The quantitative estimate of drug-likeness (QED) is 0.837. The smallest absolute Gasteiger partial charge is 0.165 e. The highest BCUT2D eigenvalue weighted by Gasteiger charge is 2.31. The van der Waals surface area contributed by atoms with E-state index in [2.05, 4.69) is 50.1 Å². The highest BCUT2D eigenvalue weighted by molar-refractivity contribution is 5.07. The van der Waals surface area contributed by atoms with Crippen molar-refractivity contribution >= 4 is 0 Å². The van der Waals surface area contributed by atoms with Crippen LogP contribution in [0.3, 0.4) is 0 Å². The molecule has 22 heavy (non-hydrogen) atoms. The monoisotopic (exact) mass is 301 g/mol. The molecule has 1 aliphatic heterocycles. The second-order valence-corrected chi connectivity index (χ2v) is 6.65. The SMILES string of the molecule is Cc1cc(C)n(C[C@H]2CCCN2Cc2nnnn2C2CC2)n1. The molecule has 3 heterocycles. The maximum absolute atomic E-state index is 4.61. The van der Waals surface area contributed by atoms with E-state index in [1.165, 1.54) is 31.4 Å². The first-order valence-corrected chi connectivity index (χ1v) is 8.22. The van der Waals surface area contributed by atoms with Crippen molar-refractivity contribution in [2.75, 3.05) is 6.54 Å². The van der Waals surface area contributed by atoms with Crippen LogP contribution >= 0.6 is 0 Å². The lowest BCUT2D eigenvalue weighted by atomic mass is 10.2. The molecule has 2 aliphatic rings. The Morgan fingerprint density at radius 1 is 1.23 bits per heavy atom. The van der Waals surface area contributed by atoms with Crippen molar-refractivity contribution in [3.05, 3.63) is 23.3 Å². The molecule has 0 aromatic carbocycles. The largest absolute Gasteiger partial charge is 0.291 e. The number of hydrogen-bond acceptors (Lipinski definition) is 5. The van der Waals surface area contributed by atoms with Crippen LogP contribution < -0.4 is 0 Å². The molecular weight excluding hydrogens is 278 g/mol. The molecule has 0 bridgehead atoms. The molecule has 2 fully saturated rings. The molecule has 0 unspecified atom stereocenters. The van der Waals surface area contributed by atoms with Crippen LogP contribution in [0.15, 0.2) is 6.07 Å². The summed E-state index contributed by atoms with van der Waals surface area (Å²) in [5, 5.41) is 16.9. The second kappa shape index (κ2) is 5.46. The van der Waals surface area contributed by atoms with Crippen LogP contribution in [-0.2, 0) is 13.1 Å². The fourth-order valence-electron chi connectivity index (χ4n) is 3.47. The Hall–Kier alpha value is -1.76. The lowest BCUT2D eigenvalue weighted by molar-refractivity contribution is 0.209. The molecule has 1 saturated carbocycles. The zero-order valence-electron chi connectivity index (χ0n) is 13.3. The van der Waals surface area contributed by atoms with E-state index < -0.39 is 0 Å². The summed E-state index contributed by atoms with van der Waals surface area (Å²) >= 11 is 0. The summed E-state index contributed by atoms with van der Waals surface area (Å²) in [7, 11) is 0. The van der Waals surface area contributed by atoms with Crippen LogP contribution in [-0.4, -0.2) is 47.5 Å². The predicted octanol–water partition coefficient (Wildman–Crippen LogP) is 1.49. The van der Waals surface area contributed by atoms with Crippen molar-refractivity contribution in [3.8, 4) is 0 Å². The Balaban J connectivity index is 1.46. The summed E-state index contributed by atoms with van der Waals surface area (Å²) in [6.07, 6.45) is 4.90. The van der Waals surface area contributed by atoms with Crippen LogP contribution in [0.4, 0.5) is 0 Å². The zero-order chi connectivity index (χ0) is 15.1. The molecule has 0 amide bonds. The highest BCUT2D eigenvalue weighted by Crippen LogP contribution is 2.35. The zero-order valence-corrected chi connectivity index (χ0v) is 13.3. The molecule has 118 valence electrons. The van der Waals surface area contributed by atoms with E-state index in [-0.39, 0.29) is 0 Å². The van der Waals surface area contributed by atoms with Gasteiger partial charge in [-0.05, 0) is 62.6 Å². The van der Waals surface area contributed by atoms with Gasteiger partial charge in [0.25, 0.3) is 0 Å². The van der Waals surface area contributed by atoms with Gasteiger partial charge in [0.1, 0.15) is 0 Å². The van der Waals surface area contributed by atoms with Gasteiger partial charge in [-0.3, -0.25) is 9.58 Å². The maximum Gasteiger partial charge on any atom is 0.165 e. The van der Waals surface area contributed by atoms with E-state index in [9.17, 15) is 0 Å². The summed E-state index contributed by atoms with van der Waals surface area (Å²) in [5.41, 5.74) is 2.34. The molecule has 1 aliphatic carbocycles. The first-order valence-electron chi connectivity index (χ1n) is 8.22. The summed E-state index contributed by atoms with van der Waals surface area (Å²) in [6.45, 7) is 7.13. The Morgan fingerprint density at radius 3 is 2.82 bits per heavy atom. The normalized spacial score (nSPS) is 22.5. The summed E-state index contributed by atoms with van der Waals surface area (Å²) in [5.74, 6) is 1.02. The van der Waals surface area contributed by atoms with Crippen LogP contribution in [0.1, 0.15) is 48.9 Å². The van der Waals surface area contributed by atoms with E-state index in [1.54, 1.807) is 0 Å². The molecule has 1 atom stereocenters. The minimum Gasteiger partial charge on any atom is -0.291 e. The first-order chi connectivity index (χ1) is 10.7. The molecule has 0 spiro atoms. The van der Waals surface area contributed by atoms with E-state index in [1.807, 2.05) is 4.68 Å². The second-order valence-electron chi connectivity index (χ2n) is 6.65. The van der Waals surface area contributed by atoms with Gasteiger partial charge in [0, 0.05) is 11.7 Å². The minimum absolute atomic E-state index is 0.530. The third-order valence-electron chi connectivity index (χ3n) is 4.78. The number of tetrazole rings is 1. The number of rotatable bonds is 5. The Morgan fingerprint density at radius 2 is 2.09 bits per heavy atom. The van der Waals surface area contributed by atoms with Gasteiger partial charge in [-0.15, -0.1) is 5.10 Å². The fourth-order valence-corrected chi connectivity index (χ4v) is 3.47. The van der Waals surface area contributed by atoms with Gasteiger partial charge >= 0.3 is 0 Å². The highest BCUT2D eigenvalue weighted by atomic mass is 15.6. The third-order valence-corrected chi connectivity index (χ3v) is 4.78.